The highest BCUT2D eigenvalue weighted by atomic mass is 32.2. The van der Waals surface area contributed by atoms with Crippen LogP contribution in [-0.4, -0.2) is 48.4 Å². The number of thiazole rings is 1. The molecule has 4 rings (SSSR count). The molecular weight excluding hydrogens is 438 g/mol. The van der Waals surface area contributed by atoms with Gasteiger partial charge in [-0.15, -0.1) is 6.58 Å². The van der Waals surface area contributed by atoms with E-state index in [0.29, 0.717) is 21.6 Å². The molecule has 0 saturated carbocycles. The van der Waals surface area contributed by atoms with Crippen LogP contribution in [-0.2, 0) is 21.2 Å². The molecule has 0 aliphatic carbocycles. The first-order chi connectivity index (χ1) is 14.7. The standard InChI is InChI=1S/C21H17N3O5S2/c1-3-10-23-16-9-8-13(31(2,28)29)11-17(16)30-21(23)22-18(25)12-24-19(26)14-6-4-5-7-15(14)20(24)27/h3-9,11H,1,10,12H2,2H3. The van der Waals surface area contributed by atoms with Crippen molar-refractivity contribution in [1.29, 1.82) is 0 Å². The highest BCUT2D eigenvalue weighted by molar-refractivity contribution is 7.90. The Morgan fingerprint density at radius 2 is 1.77 bits per heavy atom. The number of rotatable bonds is 5. The number of amides is 3. The van der Waals surface area contributed by atoms with Crippen LogP contribution in [0.15, 0.2) is 65.0 Å². The molecule has 0 fully saturated rings. The fourth-order valence-corrected chi connectivity index (χ4v) is 5.15. The van der Waals surface area contributed by atoms with Gasteiger partial charge < -0.3 is 4.57 Å². The van der Waals surface area contributed by atoms with E-state index in [1.165, 1.54) is 12.1 Å². The van der Waals surface area contributed by atoms with Crippen LogP contribution >= 0.6 is 11.3 Å². The maximum absolute atomic E-state index is 12.6. The van der Waals surface area contributed by atoms with Crippen LogP contribution in [0.1, 0.15) is 20.7 Å². The largest absolute Gasteiger partial charge is 0.313 e. The topological polar surface area (TPSA) is 106 Å². The van der Waals surface area contributed by atoms with Crippen LogP contribution in [0, 0.1) is 0 Å². The molecule has 0 saturated heterocycles. The second kappa shape index (κ2) is 7.71. The molecule has 0 unspecified atom stereocenters. The molecule has 8 nitrogen and oxygen atoms in total. The maximum atomic E-state index is 12.6. The molecule has 2 heterocycles. The number of carbonyl (C=O) groups is 3. The van der Waals surface area contributed by atoms with Gasteiger partial charge in [0.25, 0.3) is 17.7 Å². The SMILES string of the molecule is C=CCn1c(=NC(=O)CN2C(=O)c3ccccc3C2=O)sc2cc(S(C)(=O)=O)ccc21. The van der Waals surface area contributed by atoms with E-state index >= 15 is 0 Å². The zero-order valence-corrected chi connectivity index (χ0v) is 18.1. The zero-order valence-electron chi connectivity index (χ0n) is 16.4. The van der Waals surface area contributed by atoms with Crippen LogP contribution in [0.5, 0.6) is 0 Å². The number of nitrogens with zero attached hydrogens (tertiary/aromatic N) is 3. The minimum Gasteiger partial charge on any atom is -0.313 e. The van der Waals surface area contributed by atoms with Crippen LogP contribution in [0.3, 0.4) is 0 Å². The molecule has 0 spiro atoms. The van der Waals surface area contributed by atoms with E-state index in [2.05, 4.69) is 11.6 Å². The summed E-state index contributed by atoms with van der Waals surface area (Å²) in [6.45, 7) is 3.57. The third-order valence-corrected chi connectivity index (χ3v) is 6.94. The maximum Gasteiger partial charge on any atom is 0.268 e. The summed E-state index contributed by atoms with van der Waals surface area (Å²) in [5.74, 6) is -1.73. The molecule has 3 amide bonds. The molecule has 1 aromatic heterocycles. The highest BCUT2D eigenvalue weighted by Crippen LogP contribution is 2.23. The lowest BCUT2D eigenvalue weighted by atomic mass is 10.1. The molecular formula is C21H17N3O5S2. The lowest BCUT2D eigenvalue weighted by molar-refractivity contribution is -0.118. The summed E-state index contributed by atoms with van der Waals surface area (Å²) in [5.41, 5.74) is 1.22. The molecule has 1 aliphatic rings. The van der Waals surface area contributed by atoms with Crippen molar-refractivity contribution in [1.82, 2.24) is 9.47 Å². The average Bonchev–Trinajstić information content (AvgIpc) is 3.18. The Bertz CT molecular complexity index is 1410. The lowest BCUT2D eigenvalue weighted by Crippen LogP contribution is -2.35. The van der Waals surface area contributed by atoms with Gasteiger partial charge in [-0.25, -0.2) is 8.42 Å². The summed E-state index contributed by atoms with van der Waals surface area (Å²) in [4.78, 5) is 43.0. The van der Waals surface area contributed by atoms with Gasteiger partial charge in [0.05, 0.1) is 26.2 Å². The molecule has 31 heavy (non-hydrogen) atoms. The van der Waals surface area contributed by atoms with Gasteiger partial charge in [-0.2, -0.15) is 4.99 Å². The number of carbonyl (C=O) groups excluding carboxylic acids is 3. The second-order valence-electron chi connectivity index (χ2n) is 6.93. The van der Waals surface area contributed by atoms with Gasteiger partial charge in [0.1, 0.15) is 6.54 Å². The number of benzene rings is 2. The third kappa shape index (κ3) is 3.75. The first-order valence-corrected chi connectivity index (χ1v) is 11.9. The smallest absolute Gasteiger partial charge is 0.268 e. The summed E-state index contributed by atoms with van der Waals surface area (Å²) >= 11 is 1.14. The van der Waals surface area contributed by atoms with Gasteiger partial charge in [0.15, 0.2) is 14.6 Å². The number of aromatic nitrogens is 1. The van der Waals surface area contributed by atoms with E-state index in [4.69, 9.17) is 0 Å². The molecule has 0 radical (unpaired) electrons. The number of hydrogen-bond donors (Lipinski definition) is 0. The minimum atomic E-state index is -3.39. The van der Waals surface area contributed by atoms with Gasteiger partial charge in [-0.05, 0) is 30.3 Å². The molecule has 0 N–H and O–H groups in total. The van der Waals surface area contributed by atoms with Gasteiger partial charge >= 0.3 is 0 Å². The van der Waals surface area contributed by atoms with Crippen LogP contribution in [0.2, 0.25) is 0 Å². The normalized spacial score (nSPS) is 14.4. The van der Waals surface area contributed by atoms with Crippen molar-refractivity contribution < 1.29 is 22.8 Å². The van der Waals surface area contributed by atoms with Gasteiger partial charge in [-0.1, -0.05) is 29.5 Å². The van der Waals surface area contributed by atoms with Crippen molar-refractivity contribution in [3.8, 4) is 0 Å². The summed E-state index contributed by atoms with van der Waals surface area (Å²) in [6, 6.07) is 11.1. The molecule has 0 atom stereocenters. The Labute approximate surface area is 181 Å². The second-order valence-corrected chi connectivity index (χ2v) is 9.96. The molecule has 158 valence electrons. The summed E-state index contributed by atoms with van der Waals surface area (Å²) in [7, 11) is -3.39. The summed E-state index contributed by atoms with van der Waals surface area (Å²) in [6.07, 6.45) is 2.75. The Morgan fingerprint density at radius 3 is 2.35 bits per heavy atom. The molecule has 0 bridgehead atoms. The number of fused-ring (bicyclic) bond motifs is 2. The Kier molecular flexibility index (Phi) is 5.19. The van der Waals surface area contributed by atoms with Crippen LogP contribution in [0.25, 0.3) is 10.2 Å². The molecule has 1 aliphatic heterocycles. The quantitative estimate of drug-likeness (QED) is 0.432. The van der Waals surface area contributed by atoms with Gasteiger partial charge in [-0.3, -0.25) is 19.3 Å². The van der Waals surface area contributed by atoms with Crippen molar-refractivity contribution in [2.75, 3.05) is 12.8 Å². The number of allylic oxidation sites excluding steroid dienone is 1. The Balaban J connectivity index is 1.71. The van der Waals surface area contributed by atoms with Crippen molar-refractivity contribution >= 4 is 49.1 Å². The number of imide groups is 1. The van der Waals surface area contributed by atoms with Crippen molar-refractivity contribution in [3.05, 3.63) is 71.0 Å². The van der Waals surface area contributed by atoms with Crippen molar-refractivity contribution in [2.45, 2.75) is 11.4 Å². The zero-order chi connectivity index (χ0) is 22.3. The number of sulfone groups is 1. The van der Waals surface area contributed by atoms with E-state index in [0.717, 1.165) is 22.5 Å². The minimum absolute atomic E-state index is 0.163. The molecule has 2 aromatic carbocycles. The van der Waals surface area contributed by atoms with Gasteiger partial charge in [0.2, 0.25) is 0 Å². The summed E-state index contributed by atoms with van der Waals surface area (Å²) < 4.78 is 26.1. The molecule has 10 heteroatoms. The number of hydrogen-bond acceptors (Lipinski definition) is 6. The Morgan fingerprint density at radius 1 is 1.13 bits per heavy atom. The fourth-order valence-electron chi connectivity index (χ4n) is 3.34. The predicted molar refractivity (Wildman–Crippen MR) is 116 cm³/mol. The third-order valence-electron chi connectivity index (χ3n) is 4.79. The lowest BCUT2D eigenvalue weighted by Gasteiger charge is -2.10. The average molecular weight is 456 g/mol. The van der Waals surface area contributed by atoms with E-state index in [1.807, 2.05) is 0 Å². The summed E-state index contributed by atoms with van der Waals surface area (Å²) in [5, 5.41) is 0. The fraction of sp³-hybridized carbons (Fsp3) is 0.143. The van der Waals surface area contributed by atoms with E-state index in [-0.39, 0.29) is 16.0 Å². The van der Waals surface area contributed by atoms with Crippen molar-refractivity contribution in [2.24, 2.45) is 4.99 Å². The van der Waals surface area contributed by atoms with E-state index in [9.17, 15) is 22.8 Å². The Hall–Kier alpha value is -3.37. The highest BCUT2D eigenvalue weighted by Gasteiger charge is 2.36. The first kappa shape index (κ1) is 20.9. The van der Waals surface area contributed by atoms with Gasteiger partial charge in [0, 0.05) is 12.8 Å². The predicted octanol–water partition coefficient (Wildman–Crippen LogP) is 2.02. The van der Waals surface area contributed by atoms with E-state index < -0.39 is 34.1 Å². The first-order valence-electron chi connectivity index (χ1n) is 9.18. The van der Waals surface area contributed by atoms with E-state index in [1.54, 1.807) is 41.0 Å². The molecule has 3 aromatic rings. The van der Waals surface area contributed by atoms with Crippen molar-refractivity contribution in [3.63, 3.8) is 0 Å². The monoisotopic (exact) mass is 455 g/mol. The van der Waals surface area contributed by atoms with Crippen LogP contribution in [0.4, 0.5) is 0 Å². The van der Waals surface area contributed by atoms with Crippen LogP contribution < -0.4 is 4.80 Å².